The van der Waals surface area contributed by atoms with Gasteiger partial charge < -0.3 is 15.2 Å². The fourth-order valence-electron chi connectivity index (χ4n) is 3.16. The highest BCUT2D eigenvalue weighted by molar-refractivity contribution is 5.88. The zero-order chi connectivity index (χ0) is 18.7. The molecule has 3 aromatic rings. The number of ether oxygens (including phenoxy) is 1. The lowest BCUT2D eigenvalue weighted by Gasteiger charge is -2.37. The molecule has 0 atom stereocenters. The Labute approximate surface area is 154 Å². The molecule has 0 unspecified atom stereocenters. The molecule has 9 heteroatoms. The summed E-state index contributed by atoms with van der Waals surface area (Å²) in [6.07, 6.45) is 4.43. The number of hydrogen-bond acceptors (Lipinski definition) is 7. The summed E-state index contributed by atoms with van der Waals surface area (Å²) < 4.78 is 5.52. The molecule has 1 aliphatic heterocycles. The maximum Gasteiger partial charge on any atom is 0.335 e. The van der Waals surface area contributed by atoms with E-state index in [1.165, 1.54) is 6.33 Å². The lowest BCUT2D eigenvalue weighted by atomic mass is 9.88. The Kier molecular flexibility index (Phi) is 4.51. The van der Waals surface area contributed by atoms with Crippen LogP contribution in [0.2, 0.25) is 0 Å². The first kappa shape index (κ1) is 17.1. The summed E-state index contributed by atoms with van der Waals surface area (Å²) in [6, 6.07) is 8.47. The van der Waals surface area contributed by atoms with Gasteiger partial charge in [-0.25, -0.2) is 19.7 Å². The van der Waals surface area contributed by atoms with E-state index in [-0.39, 0.29) is 5.56 Å². The van der Waals surface area contributed by atoms with Crippen LogP contribution >= 0.6 is 0 Å². The van der Waals surface area contributed by atoms with Gasteiger partial charge in [0.2, 0.25) is 0 Å². The molecule has 3 N–H and O–H groups in total. The average Bonchev–Trinajstić information content (AvgIpc) is 3.21. The van der Waals surface area contributed by atoms with Gasteiger partial charge in [-0.05, 0) is 24.3 Å². The highest BCUT2D eigenvalue weighted by atomic mass is 16.5. The van der Waals surface area contributed by atoms with E-state index in [9.17, 15) is 9.90 Å². The summed E-state index contributed by atoms with van der Waals surface area (Å²) in [4.78, 5) is 24.0. The Morgan fingerprint density at radius 1 is 1.26 bits per heavy atom. The molecule has 1 fully saturated rings. The van der Waals surface area contributed by atoms with Gasteiger partial charge in [0.15, 0.2) is 11.6 Å². The van der Waals surface area contributed by atoms with Crippen molar-refractivity contribution in [2.45, 2.75) is 18.4 Å². The van der Waals surface area contributed by atoms with Crippen molar-refractivity contribution >= 4 is 11.7 Å². The van der Waals surface area contributed by atoms with Crippen LogP contribution in [0.15, 0.2) is 42.9 Å². The maximum absolute atomic E-state index is 11.3. The molecule has 0 radical (unpaired) electrons. The number of carbonyl (C=O) groups is 1. The molecule has 9 nitrogen and oxygen atoms in total. The Bertz CT molecular complexity index is 937. The highest BCUT2D eigenvalue weighted by Gasteiger charge is 2.38. The lowest BCUT2D eigenvalue weighted by molar-refractivity contribution is 0.0567. The number of carboxylic acids is 1. The normalized spacial score (nSPS) is 16.0. The van der Waals surface area contributed by atoms with Gasteiger partial charge in [0.05, 0.1) is 5.56 Å². The second-order valence-corrected chi connectivity index (χ2v) is 6.31. The Hall–Kier alpha value is -3.33. The van der Waals surface area contributed by atoms with Crippen LogP contribution in [-0.2, 0) is 10.3 Å². The van der Waals surface area contributed by atoms with Crippen molar-refractivity contribution < 1.29 is 14.6 Å². The SMILES string of the molecule is O=C(O)c1cccc(NC2(c3nc(-c4ccncn4)n[nH]3)CCOCC2)c1. The fraction of sp³-hybridized carbons (Fsp3) is 0.278. The van der Waals surface area contributed by atoms with Gasteiger partial charge in [-0.3, -0.25) is 5.10 Å². The quantitative estimate of drug-likeness (QED) is 0.626. The smallest absolute Gasteiger partial charge is 0.335 e. The molecule has 4 rings (SSSR count). The molecular formula is C18H18N6O3. The van der Waals surface area contributed by atoms with Crippen LogP contribution in [0.4, 0.5) is 5.69 Å². The van der Waals surface area contributed by atoms with E-state index in [0.717, 1.165) is 0 Å². The number of carboxylic acid groups (broad SMARTS) is 1. The van der Waals surface area contributed by atoms with Crippen molar-refractivity contribution in [2.24, 2.45) is 0 Å². The van der Waals surface area contributed by atoms with E-state index in [1.807, 2.05) is 6.07 Å². The van der Waals surface area contributed by atoms with Crippen molar-refractivity contribution in [3.05, 3.63) is 54.2 Å². The molecular weight excluding hydrogens is 348 g/mol. The van der Waals surface area contributed by atoms with Crippen molar-refractivity contribution in [2.75, 3.05) is 18.5 Å². The number of anilines is 1. The van der Waals surface area contributed by atoms with Crippen molar-refractivity contribution in [1.29, 1.82) is 0 Å². The third-order valence-electron chi connectivity index (χ3n) is 4.59. The van der Waals surface area contributed by atoms with Crippen LogP contribution in [0.5, 0.6) is 0 Å². The van der Waals surface area contributed by atoms with Crippen LogP contribution in [0.3, 0.4) is 0 Å². The first-order valence-electron chi connectivity index (χ1n) is 8.55. The highest BCUT2D eigenvalue weighted by Crippen LogP contribution is 2.34. The van der Waals surface area contributed by atoms with E-state index < -0.39 is 11.5 Å². The largest absolute Gasteiger partial charge is 0.478 e. The second kappa shape index (κ2) is 7.12. The van der Waals surface area contributed by atoms with E-state index in [1.54, 1.807) is 30.5 Å². The lowest BCUT2D eigenvalue weighted by Crippen LogP contribution is -2.42. The number of hydrogen-bond donors (Lipinski definition) is 3. The standard InChI is InChI=1S/C18H18N6O3/c25-16(26)12-2-1-3-13(10-12)22-18(5-8-27-9-6-18)17-21-15(23-24-17)14-4-7-19-11-20-14/h1-4,7,10-11,22H,5-6,8-9H2,(H,25,26)(H,21,23,24). The summed E-state index contributed by atoms with van der Waals surface area (Å²) in [7, 11) is 0. The van der Waals surface area contributed by atoms with E-state index >= 15 is 0 Å². The Morgan fingerprint density at radius 2 is 2.11 bits per heavy atom. The molecule has 2 aromatic heterocycles. The molecule has 0 spiro atoms. The fourth-order valence-corrected chi connectivity index (χ4v) is 3.16. The second-order valence-electron chi connectivity index (χ2n) is 6.31. The van der Waals surface area contributed by atoms with Crippen LogP contribution in [0.1, 0.15) is 29.0 Å². The minimum atomic E-state index is -0.967. The molecule has 0 bridgehead atoms. The van der Waals surface area contributed by atoms with E-state index in [2.05, 4.69) is 30.5 Å². The molecule has 0 amide bonds. The van der Waals surface area contributed by atoms with Crippen LogP contribution in [0, 0.1) is 0 Å². The van der Waals surface area contributed by atoms with Gasteiger partial charge in [-0.1, -0.05) is 6.07 Å². The Morgan fingerprint density at radius 3 is 2.85 bits per heavy atom. The van der Waals surface area contributed by atoms with Crippen LogP contribution in [-0.4, -0.2) is 49.4 Å². The summed E-state index contributed by atoms with van der Waals surface area (Å²) in [6.45, 7) is 1.13. The predicted octanol–water partition coefficient (Wildman–Crippen LogP) is 2.08. The number of nitrogens with one attached hydrogen (secondary N) is 2. The summed E-state index contributed by atoms with van der Waals surface area (Å²) >= 11 is 0. The van der Waals surface area contributed by atoms with Crippen LogP contribution < -0.4 is 5.32 Å². The molecule has 0 aliphatic carbocycles. The number of rotatable bonds is 5. The molecule has 1 aromatic carbocycles. The number of nitrogens with zero attached hydrogens (tertiary/aromatic N) is 4. The number of H-pyrrole nitrogens is 1. The van der Waals surface area contributed by atoms with Crippen molar-refractivity contribution in [3.8, 4) is 11.5 Å². The average molecular weight is 366 g/mol. The summed E-state index contributed by atoms with van der Waals surface area (Å²) in [5.74, 6) is 0.185. The van der Waals surface area contributed by atoms with E-state index in [4.69, 9.17) is 4.74 Å². The number of aromatic nitrogens is 5. The van der Waals surface area contributed by atoms with Gasteiger partial charge in [-0.15, -0.1) is 0 Å². The van der Waals surface area contributed by atoms with Gasteiger partial charge in [0.25, 0.3) is 0 Å². The van der Waals surface area contributed by atoms with E-state index in [0.29, 0.717) is 49.1 Å². The topological polar surface area (TPSA) is 126 Å². The molecule has 3 heterocycles. The molecule has 0 saturated carbocycles. The van der Waals surface area contributed by atoms with Crippen molar-refractivity contribution in [1.82, 2.24) is 25.1 Å². The first-order valence-corrected chi connectivity index (χ1v) is 8.55. The monoisotopic (exact) mass is 366 g/mol. The number of benzene rings is 1. The minimum Gasteiger partial charge on any atom is -0.478 e. The molecule has 27 heavy (non-hydrogen) atoms. The summed E-state index contributed by atoms with van der Waals surface area (Å²) in [5, 5.41) is 20.0. The molecule has 138 valence electrons. The third kappa shape index (κ3) is 3.49. The molecule has 1 saturated heterocycles. The van der Waals surface area contributed by atoms with Gasteiger partial charge in [-0.2, -0.15) is 5.10 Å². The van der Waals surface area contributed by atoms with Crippen molar-refractivity contribution in [3.63, 3.8) is 0 Å². The first-order chi connectivity index (χ1) is 13.2. The van der Waals surface area contributed by atoms with Gasteiger partial charge in [0.1, 0.15) is 17.6 Å². The van der Waals surface area contributed by atoms with Crippen LogP contribution in [0.25, 0.3) is 11.5 Å². The number of aromatic carboxylic acids is 1. The van der Waals surface area contributed by atoms with Gasteiger partial charge in [0, 0.05) is 37.9 Å². The summed E-state index contributed by atoms with van der Waals surface area (Å²) in [5.41, 5.74) is 1.02. The minimum absolute atomic E-state index is 0.224. The maximum atomic E-state index is 11.3. The number of aromatic amines is 1. The third-order valence-corrected chi connectivity index (χ3v) is 4.59. The zero-order valence-electron chi connectivity index (χ0n) is 14.4. The van der Waals surface area contributed by atoms with Gasteiger partial charge >= 0.3 is 5.97 Å². The predicted molar refractivity (Wildman–Crippen MR) is 96.2 cm³/mol. The Balaban J connectivity index is 1.68. The zero-order valence-corrected chi connectivity index (χ0v) is 14.4. The molecule has 1 aliphatic rings.